The van der Waals surface area contributed by atoms with Crippen molar-refractivity contribution in [2.45, 2.75) is 62.3 Å². The van der Waals surface area contributed by atoms with Gasteiger partial charge in [-0.05, 0) is 37.3 Å². The topological polar surface area (TPSA) is 12.9 Å². The Kier molecular flexibility index (Phi) is 41.5. The van der Waals surface area contributed by atoms with E-state index >= 15 is 0 Å². The monoisotopic (exact) mass is 265 g/mol. The van der Waals surface area contributed by atoms with Crippen LogP contribution in [0.15, 0.2) is 30.6 Å². The van der Waals surface area contributed by atoms with Gasteiger partial charge in [0.15, 0.2) is 0 Å². The van der Waals surface area contributed by atoms with Crippen molar-refractivity contribution >= 4 is 12.7 Å². The number of hydrogen-bond acceptors (Lipinski definition) is 1. The van der Waals surface area contributed by atoms with Gasteiger partial charge < -0.3 is 0 Å². The zero-order valence-electron chi connectivity index (χ0n) is 14.6. The number of allylic oxidation sites excluding steroid dienone is 2. The summed E-state index contributed by atoms with van der Waals surface area (Å²) in [6.07, 6.45) is 9.55. The first-order chi connectivity index (χ1) is 9.26. The van der Waals surface area contributed by atoms with Crippen LogP contribution >= 0.6 is 0 Å². The zero-order chi connectivity index (χ0) is 16.1. The second-order valence-corrected chi connectivity index (χ2v) is 2.53. The third-order valence-electron chi connectivity index (χ3n) is 1.59. The summed E-state index contributed by atoms with van der Waals surface area (Å²) in [5.41, 5.74) is 0. The van der Waals surface area contributed by atoms with Gasteiger partial charge in [0.1, 0.15) is 0 Å². The number of rotatable bonds is 0. The average Bonchev–Trinajstić information content (AvgIpc) is 2.54. The third kappa shape index (κ3) is 22.3. The number of hydrogen-bond donors (Lipinski definition) is 0. The molecule has 0 atom stereocenters. The normalized spacial score (nSPS) is 8.58. The van der Waals surface area contributed by atoms with Crippen molar-refractivity contribution in [3.63, 3.8) is 0 Å². The molecule has 0 saturated heterocycles. The van der Waals surface area contributed by atoms with Gasteiger partial charge in [0.25, 0.3) is 0 Å². The van der Waals surface area contributed by atoms with E-state index in [1.165, 1.54) is 0 Å². The Balaban J connectivity index is -0.0000000957. The Morgan fingerprint density at radius 2 is 1.32 bits per heavy atom. The van der Waals surface area contributed by atoms with Gasteiger partial charge in [0, 0.05) is 12.4 Å². The van der Waals surface area contributed by atoms with Gasteiger partial charge in [0.2, 0.25) is 0 Å². The van der Waals surface area contributed by atoms with Gasteiger partial charge in [-0.2, -0.15) is 0 Å². The molecule has 1 aromatic rings. The first-order valence-electron chi connectivity index (χ1n) is 7.38. The van der Waals surface area contributed by atoms with Crippen LogP contribution in [0.5, 0.6) is 0 Å². The molecule has 0 amide bonds. The molecule has 0 aromatic carbocycles. The predicted molar refractivity (Wildman–Crippen MR) is 93.7 cm³/mol. The first kappa shape index (κ1) is 26.2. The van der Waals surface area contributed by atoms with Crippen LogP contribution in [0, 0.1) is 0 Å². The lowest BCUT2D eigenvalue weighted by molar-refractivity contribution is 1.27. The molecule has 0 N–H and O–H groups in total. The highest BCUT2D eigenvalue weighted by molar-refractivity contribution is 5.20. The van der Waals surface area contributed by atoms with Crippen molar-refractivity contribution in [1.82, 2.24) is 4.98 Å². The third-order valence-corrected chi connectivity index (χ3v) is 1.59. The van der Waals surface area contributed by atoms with Crippen LogP contribution in [-0.4, -0.2) is 4.98 Å². The summed E-state index contributed by atoms with van der Waals surface area (Å²) in [6.45, 7) is 21.8. The lowest BCUT2D eigenvalue weighted by Crippen LogP contribution is -2.22. The smallest absolute Gasteiger partial charge is 0.0342 e. The molecule has 0 aliphatic carbocycles. The molecule has 0 saturated carbocycles. The number of nitrogens with zero attached hydrogens (tertiary/aromatic N) is 1. The lowest BCUT2D eigenvalue weighted by atomic mass is 10.3. The second kappa shape index (κ2) is 30.0. The molecule has 19 heavy (non-hydrogen) atoms. The van der Waals surface area contributed by atoms with E-state index in [1.807, 2.05) is 92.8 Å². The van der Waals surface area contributed by atoms with E-state index in [2.05, 4.69) is 11.6 Å². The van der Waals surface area contributed by atoms with Crippen LogP contribution < -0.4 is 10.4 Å². The fraction of sp³-hybridized carbons (Fsp3) is 0.500. The molecule has 1 nitrogen and oxygen atoms in total. The molecule has 0 unspecified atom stereocenters. The van der Waals surface area contributed by atoms with Gasteiger partial charge in [0.05, 0.1) is 0 Å². The molecule has 0 bridgehead atoms. The first-order valence-corrected chi connectivity index (χ1v) is 7.38. The van der Waals surface area contributed by atoms with E-state index in [4.69, 9.17) is 0 Å². The van der Waals surface area contributed by atoms with Crippen LogP contribution in [0.3, 0.4) is 0 Å². The summed E-state index contributed by atoms with van der Waals surface area (Å²) in [7, 11) is 0. The molecule has 1 rings (SSSR count). The Morgan fingerprint density at radius 1 is 0.895 bits per heavy atom. The van der Waals surface area contributed by atoms with E-state index in [9.17, 15) is 0 Å². The molecule has 0 aliphatic rings. The van der Waals surface area contributed by atoms with Crippen molar-refractivity contribution in [2.75, 3.05) is 0 Å². The minimum Gasteiger partial charge on any atom is -0.264 e. The summed E-state index contributed by atoms with van der Waals surface area (Å²) in [4.78, 5) is 3.95. The zero-order valence-corrected chi connectivity index (χ0v) is 14.6. The van der Waals surface area contributed by atoms with Crippen LogP contribution in [0.2, 0.25) is 0 Å². The molecule has 0 aliphatic heterocycles. The quantitative estimate of drug-likeness (QED) is 0.605. The molecule has 1 aromatic heterocycles. The van der Waals surface area contributed by atoms with Crippen LogP contribution in [-0.2, 0) is 0 Å². The average molecular weight is 265 g/mol. The summed E-state index contributed by atoms with van der Waals surface area (Å²) in [6, 6.07) is 1.90. The van der Waals surface area contributed by atoms with E-state index in [-0.39, 0.29) is 0 Å². The molecule has 1 heteroatoms. The highest BCUT2D eigenvalue weighted by atomic mass is 14.6. The standard InChI is InChI=1S/C8H9N.C4H8.3C2H6/c1-3-8-6-9-5-4-7(8)2;1-3-4-2;3*1-2/h3-6H,2H2,1H3;3-4H,1-2H3;3*1-2H3/b8-3-;4-3-;;;. The van der Waals surface area contributed by atoms with Crippen LogP contribution in [0.25, 0.3) is 12.7 Å². The van der Waals surface area contributed by atoms with Crippen molar-refractivity contribution in [3.05, 3.63) is 41.0 Å². The maximum absolute atomic E-state index is 3.95. The second-order valence-electron chi connectivity index (χ2n) is 2.53. The predicted octanol–water partition coefficient (Wildman–Crippen LogP) is 4.95. The maximum Gasteiger partial charge on any atom is 0.0342 e. The Morgan fingerprint density at radius 3 is 1.53 bits per heavy atom. The van der Waals surface area contributed by atoms with Gasteiger partial charge in [-0.1, -0.05) is 66.3 Å². The Labute approximate surface area is 121 Å². The molecular formula is C18H35N. The maximum atomic E-state index is 3.95. The molecule has 1 heterocycles. The summed E-state index contributed by atoms with van der Waals surface area (Å²) in [5, 5.41) is 2.14. The molecule has 112 valence electrons. The molecule has 0 fully saturated rings. The van der Waals surface area contributed by atoms with Gasteiger partial charge in [-0.15, -0.1) is 0 Å². The van der Waals surface area contributed by atoms with Crippen LogP contribution in [0.4, 0.5) is 0 Å². The minimum atomic E-state index is 1.03. The molecular weight excluding hydrogens is 230 g/mol. The molecule has 0 radical (unpaired) electrons. The fourth-order valence-corrected chi connectivity index (χ4v) is 0.695. The molecule has 0 spiro atoms. The highest BCUT2D eigenvalue weighted by Gasteiger charge is 1.75. The number of pyridine rings is 1. The van der Waals surface area contributed by atoms with Crippen LogP contribution in [0.1, 0.15) is 62.3 Å². The Bertz CT molecular complexity index is 346. The van der Waals surface area contributed by atoms with Gasteiger partial charge in [-0.3, -0.25) is 4.98 Å². The minimum absolute atomic E-state index is 1.03. The Hall–Kier alpha value is -1.37. The van der Waals surface area contributed by atoms with Crippen molar-refractivity contribution in [3.8, 4) is 0 Å². The van der Waals surface area contributed by atoms with Crippen molar-refractivity contribution < 1.29 is 0 Å². The lowest BCUT2D eigenvalue weighted by Gasteiger charge is -1.82. The highest BCUT2D eigenvalue weighted by Crippen LogP contribution is 1.61. The van der Waals surface area contributed by atoms with Gasteiger partial charge in [-0.25, -0.2) is 0 Å². The largest absolute Gasteiger partial charge is 0.264 e. The summed E-state index contributed by atoms with van der Waals surface area (Å²) < 4.78 is 0. The SMILES string of the molecule is C/C=C\C.C=c1ccnc/c1=C/C.CC.CC.CC. The van der Waals surface area contributed by atoms with E-state index in [1.54, 1.807) is 6.20 Å². The fourth-order valence-electron chi connectivity index (χ4n) is 0.695. The van der Waals surface area contributed by atoms with E-state index in [0.717, 1.165) is 10.4 Å². The van der Waals surface area contributed by atoms with E-state index in [0.29, 0.717) is 0 Å². The van der Waals surface area contributed by atoms with E-state index < -0.39 is 0 Å². The van der Waals surface area contributed by atoms with Crippen molar-refractivity contribution in [1.29, 1.82) is 0 Å². The summed E-state index contributed by atoms with van der Waals surface area (Å²) >= 11 is 0. The number of aromatic nitrogens is 1. The summed E-state index contributed by atoms with van der Waals surface area (Å²) in [5.74, 6) is 0. The van der Waals surface area contributed by atoms with Gasteiger partial charge >= 0.3 is 0 Å². The van der Waals surface area contributed by atoms with Crippen molar-refractivity contribution in [2.24, 2.45) is 0 Å².